The molecule has 0 saturated heterocycles. The van der Waals surface area contributed by atoms with Gasteiger partial charge in [-0.3, -0.25) is 9.59 Å². The minimum absolute atomic E-state index is 0.0435. The van der Waals surface area contributed by atoms with Gasteiger partial charge in [0.25, 0.3) is 11.8 Å². The molecule has 11 nitrogen and oxygen atoms in total. The second-order valence-corrected chi connectivity index (χ2v) is 8.89. The highest BCUT2D eigenvalue weighted by Crippen LogP contribution is 2.34. The SMILES string of the molecule is Cn1nnnc1-c1ccc2c(c1)CC[C@H]2NC(=O)c1cc(C(=O)NCc2ccc(F)c(OC(F)(F)F)c2)ncn1. The lowest BCUT2D eigenvalue weighted by atomic mass is 10.0. The third-order valence-electron chi connectivity index (χ3n) is 6.21. The second-order valence-electron chi connectivity index (χ2n) is 8.89. The van der Waals surface area contributed by atoms with E-state index < -0.39 is 29.7 Å². The molecular weight excluding hydrogens is 536 g/mol. The zero-order valence-electron chi connectivity index (χ0n) is 20.7. The van der Waals surface area contributed by atoms with Gasteiger partial charge in [-0.05, 0) is 58.2 Å². The Kier molecular flexibility index (Phi) is 7.11. The lowest BCUT2D eigenvalue weighted by Crippen LogP contribution is -2.29. The largest absolute Gasteiger partial charge is 0.573 e. The smallest absolute Gasteiger partial charge is 0.403 e. The van der Waals surface area contributed by atoms with Gasteiger partial charge in [0, 0.05) is 25.2 Å². The molecule has 2 aromatic heterocycles. The van der Waals surface area contributed by atoms with E-state index in [4.69, 9.17) is 0 Å². The van der Waals surface area contributed by atoms with Crippen molar-refractivity contribution >= 4 is 11.8 Å². The molecule has 2 aromatic carbocycles. The standard InChI is InChI=1S/C25H20F4N8O3/c1-37-22(34-35-36-37)15-3-5-16-14(9-15)4-7-18(16)33-24(39)20-10-19(31-12-32-20)23(38)30-11-13-2-6-17(26)21(8-13)40-25(27,28)29/h2-3,5-6,8-10,12,18H,4,7,11H2,1H3,(H,30,38)(H,33,39)/t18-/m1/s1. The molecule has 0 fully saturated rings. The van der Waals surface area contributed by atoms with Gasteiger partial charge in [-0.15, -0.1) is 18.3 Å². The molecule has 2 N–H and O–H groups in total. The van der Waals surface area contributed by atoms with Crippen LogP contribution in [0, 0.1) is 5.82 Å². The normalized spacial score (nSPS) is 14.5. The van der Waals surface area contributed by atoms with E-state index in [0.29, 0.717) is 12.2 Å². The van der Waals surface area contributed by atoms with E-state index in [1.54, 1.807) is 11.7 Å². The van der Waals surface area contributed by atoms with Crippen molar-refractivity contribution in [1.29, 1.82) is 0 Å². The summed E-state index contributed by atoms with van der Waals surface area (Å²) in [4.78, 5) is 33.4. The zero-order chi connectivity index (χ0) is 28.4. The highest BCUT2D eigenvalue weighted by molar-refractivity contribution is 5.97. The van der Waals surface area contributed by atoms with Gasteiger partial charge in [-0.2, -0.15) is 0 Å². The van der Waals surface area contributed by atoms with E-state index in [1.807, 2.05) is 18.2 Å². The summed E-state index contributed by atoms with van der Waals surface area (Å²) in [5.74, 6) is -2.82. The number of halogens is 4. The number of amides is 2. The molecular formula is C25H20F4N8O3. The number of nitrogens with one attached hydrogen (secondary N) is 2. The summed E-state index contributed by atoms with van der Waals surface area (Å²) in [7, 11) is 1.74. The number of rotatable bonds is 7. The fourth-order valence-corrected chi connectivity index (χ4v) is 4.35. The number of carbonyl (C=O) groups excluding carboxylic acids is 2. The highest BCUT2D eigenvalue weighted by Gasteiger charge is 2.32. The van der Waals surface area contributed by atoms with Crippen molar-refractivity contribution in [2.24, 2.45) is 7.05 Å². The van der Waals surface area contributed by atoms with Gasteiger partial charge in [0.2, 0.25) is 0 Å². The van der Waals surface area contributed by atoms with E-state index in [2.05, 4.69) is 40.9 Å². The molecule has 40 heavy (non-hydrogen) atoms. The van der Waals surface area contributed by atoms with E-state index >= 15 is 0 Å². The van der Waals surface area contributed by atoms with Crippen LogP contribution in [-0.2, 0) is 20.0 Å². The van der Waals surface area contributed by atoms with Crippen LogP contribution >= 0.6 is 0 Å². The van der Waals surface area contributed by atoms with Gasteiger partial charge in [0.15, 0.2) is 17.4 Å². The van der Waals surface area contributed by atoms with Gasteiger partial charge in [-0.25, -0.2) is 19.0 Å². The summed E-state index contributed by atoms with van der Waals surface area (Å²) < 4.78 is 56.2. The Bertz CT molecular complexity index is 1590. The lowest BCUT2D eigenvalue weighted by molar-refractivity contribution is -0.275. The molecule has 0 bridgehead atoms. The topological polar surface area (TPSA) is 137 Å². The Morgan fingerprint density at radius 2 is 1.85 bits per heavy atom. The van der Waals surface area contributed by atoms with E-state index in [9.17, 15) is 27.2 Å². The van der Waals surface area contributed by atoms with Crippen LogP contribution < -0.4 is 15.4 Å². The first kappa shape index (κ1) is 26.6. The van der Waals surface area contributed by atoms with Crippen LogP contribution in [0.4, 0.5) is 17.6 Å². The fraction of sp³-hybridized carbons (Fsp3) is 0.240. The first-order valence-corrected chi connectivity index (χ1v) is 11.9. The molecule has 0 aliphatic heterocycles. The monoisotopic (exact) mass is 556 g/mol. The van der Waals surface area contributed by atoms with Crippen molar-refractivity contribution in [2.75, 3.05) is 0 Å². The molecule has 5 rings (SSSR count). The number of tetrazole rings is 1. The molecule has 1 aliphatic rings. The van der Waals surface area contributed by atoms with Crippen LogP contribution in [0.15, 0.2) is 48.8 Å². The van der Waals surface area contributed by atoms with Crippen LogP contribution in [0.25, 0.3) is 11.4 Å². The van der Waals surface area contributed by atoms with Crippen LogP contribution in [0.5, 0.6) is 5.75 Å². The van der Waals surface area contributed by atoms with Crippen molar-refractivity contribution in [3.8, 4) is 17.1 Å². The molecule has 4 aromatic rings. The van der Waals surface area contributed by atoms with Crippen molar-refractivity contribution in [2.45, 2.75) is 31.8 Å². The van der Waals surface area contributed by atoms with Crippen molar-refractivity contribution in [1.82, 2.24) is 40.8 Å². The molecule has 15 heteroatoms. The molecule has 0 saturated carbocycles. The van der Waals surface area contributed by atoms with Gasteiger partial charge in [0.1, 0.15) is 17.7 Å². The Labute approximate surface area is 223 Å². The summed E-state index contributed by atoms with van der Waals surface area (Å²) in [6, 6.07) is 9.53. The molecule has 0 radical (unpaired) electrons. The summed E-state index contributed by atoms with van der Waals surface area (Å²) >= 11 is 0. The first-order chi connectivity index (χ1) is 19.1. The van der Waals surface area contributed by atoms with Gasteiger partial charge >= 0.3 is 6.36 Å². The molecule has 0 spiro atoms. The quantitative estimate of drug-likeness (QED) is 0.332. The molecule has 1 atom stereocenters. The van der Waals surface area contributed by atoms with Gasteiger partial charge in [0.05, 0.1) is 6.04 Å². The maximum absolute atomic E-state index is 13.6. The lowest BCUT2D eigenvalue weighted by Gasteiger charge is -2.14. The number of aromatic nitrogens is 6. The molecule has 206 valence electrons. The zero-order valence-corrected chi connectivity index (χ0v) is 20.7. The summed E-state index contributed by atoms with van der Waals surface area (Å²) in [6.45, 7) is -0.246. The number of hydrogen-bond donors (Lipinski definition) is 2. The summed E-state index contributed by atoms with van der Waals surface area (Å²) in [5.41, 5.74) is 2.83. The maximum atomic E-state index is 13.6. The number of carbonyl (C=O) groups is 2. The summed E-state index contributed by atoms with van der Waals surface area (Å²) in [5, 5.41) is 16.9. The second kappa shape index (κ2) is 10.7. The van der Waals surface area contributed by atoms with Crippen molar-refractivity contribution in [3.05, 3.63) is 82.7 Å². The number of ether oxygens (including phenoxy) is 1. The van der Waals surface area contributed by atoms with Crippen molar-refractivity contribution < 1.29 is 31.9 Å². The Hall–Kier alpha value is -4.95. The third kappa shape index (κ3) is 5.87. The van der Waals surface area contributed by atoms with Crippen LogP contribution in [0.3, 0.4) is 0 Å². The Morgan fingerprint density at radius 3 is 2.58 bits per heavy atom. The van der Waals surface area contributed by atoms with E-state index in [-0.39, 0.29) is 29.5 Å². The Morgan fingerprint density at radius 1 is 1.07 bits per heavy atom. The molecule has 2 amide bonds. The minimum Gasteiger partial charge on any atom is -0.403 e. The average Bonchev–Trinajstić information content (AvgIpc) is 3.53. The maximum Gasteiger partial charge on any atom is 0.573 e. The first-order valence-electron chi connectivity index (χ1n) is 11.9. The van der Waals surface area contributed by atoms with E-state index in [1.165, 1.54) is 12.1 Å². The van der Waals surface area contributed by atoms with Gasteiger partial charge in [-0.1, -0.05) is 18.2 Å². The molecule has 0 unspecified atom stereocenters. The predicted molar refractivity (Wildman–Crippen MR) is 129 cm³/mol. The molecule has 1 aliphatic carbocycles. The van der Waals surface area contributed by atoms with Crippen LogP contribution in [0.1, 0.15) is 50.1 Å². The fourth-order valence-electron chi connectivity index (χ4n) is 4.35. The number of nitrogens with zero attached hydrogens (tertiary/aromatic N) is 6. The number of alkyl halides is 3. The number of benzene rings is 2. The third-order valence-corrected chi connectivity index (χ3v) is 6.21. The predicted octanol–water partition coefficient (Wildman–Crippen LogP) is 3.05. The van der Waals surface area contributed by atoms with Gasteiger partial charge < -0.3 is 15.4 Å². The molecule has 2 heterocycles. The number of hydrogen-bond acceptors (Lipinski definition) is 8. The van der Waals surface area contributed by atoms with Crippen molar-refractivity contribution in [3.63, 3.8) is 0 Å². The summed E-state index contributed by atoms with van der Waals surface area (Å²) in [6.07, 6.45) is -2.62. The minimum atomic E-state index is -5.07. The Balaban J connectivity index is 1.23. The van der Waals surface area contributed by atoms with Crippen LogP contribution in [-0.4, -0.2) is 48.4 Å². The van der Waals surface area contributed by atoms with Crippen LogP contribution in [0.2, 0.25) is 0 Å². The average molecular weight is 556 g/mol. The number of aryl methyl sites for hydroxylation is 2. The highest BCUT2D eigenvalue weighted by atomic mass is 19.4. The van der Waals surface area contributed by atoms with E-state index in [0.717, 1.165) is 41.6 Å². The number of fused-ring (bicyclic) bond motifs is 1.